The Hall–Kier alpha value is -3.13. The zero-order valence-corrected chi connectivity index (χ0v) is 17.1. The number of fused-ring (bicyclic) bond motifs is 1. The summed E-state index contributed by atoms with van der Waals surface area (Å²) in [5.41, 5.74) is 4.45. The van der Waals surface area contributed by atoms with Gasteiger partial charge < -0.3 is 9.88 Å². The molecule has 0 saturated heterocycles. The second-order valence-corrected chi connectivity index (χ2v) is 9.02. The standard InChI is InChI=1S/C21H22N4O3S/c1-15-7-8-16(2)18(11-15)23-20(26)12-24-13-21(22-14-24)29(27,28)25-10-9-17-5-3-4-6-19(17)25/h3-8,11,13-14H,9-10,12H2,1-2H3,(H,23,26). The van der Waals surface area contributed by atoms with Crippen LogP contribution in [0.15, 0.2) is 60.0 Å². The molecular weight excluding hydrogens is 388 g/mol. The quantitative estimate of drug-likeness (QED) is 0.701. The molecular formula is C21H22N4O3S. The number of carbonyl (C=O) groups excluding carboxylic acids is 1. The third-order valence-electron chi connectivity index (χ3n) is 5.00. The van der Waals surface area contributed by atoms with Crippen molar-refractivity contribution in [1.82, 2.24) is 9.55 Å². The number of hydrogen-bond acceptors (Lipinski definition) is 4. The second-order valence-electron chi connectivity index (χ2n) is 7.21. The summed E-state index contributed by atoms with van der Waals surface area (Å²) in [6, 6.07) is 13.3. The Labute approximate surface area is 170 Å². The number of carbonyl (C=O) groups is 1. The van der Waals surface area contributed by atoms with Crippen molar-refractivity contribution in [2.75, 3.05) is 16.2 Å². The van der Waals surface area contributed by atoms with Crippen molar-refractivity contribution < 1.29 is 13.2 Å². The van der Waals surface area contributed by atoms with Crippen molar-refractivity contribution in [3.8, 4) is 0 Å². The number of nitrogens with zero attached hydrogens (tertiary/aromatic N) is 3. The minimum atomic E-state index is -3.77. The maximum absolute atomic E-state index is 13.0. The van der Waals surface area contributed by atoms with Gasteiger partial charge >= 0.3 is 0 Å². The van der Waals surface area contributed by atoms with Gasteiger partial charge in [-0.1, -0.05) is 30.3 Å². The number of aromatic nitrogens is 2. The van der Waals surface area contributed by atoms with E-state index in [1.165, 1.54) is 21.4 Å². The fourth-order valence-electron chi connectivity index (χ4n) is 3.46. The fraction of sp³-hybridized carbons (Fsp3) is 0.238. The zero-order valence-electron chi connectivity index (χ0n) is 16.3. The molecule has 4 rings (SSSR count). The van der Waals surface area contributed by atoms with Gasteiger partial charge in [-0.05, 0) is 49.1 Å². The van der Waals surface area contributed by atoms with E-state index in [0.717, 1.165) is 22.4 Å². The first-order valence-electron chi connectivity index (χ1n) is 9.34. The number of hydrogen-bond donors (Lipinski definition) is 1. The molecule has 2 aromatic carbocycles. The van der Waals surface area contributed by atoms with Crippen LogP contribution < -0.4 is 9.62 Å². The van der Waals surface area contributed by atoms with Gasteiger partial charge in [0.2, 0.25) is 5.91 Å². The number of amides is 1. The molecule has 1 aliphatic heterocycles. The van der Waals surface area contributed by atoms with Crippen molar-refractivity contribution in [2.24, 2.45) is 0 Å². The van der Waals surface area contributed by atoms with Crippen LogP contribution in [-0.4, -0.2) is 30.4 Å². The van der Waals surface area contributed by atoms with Gasteiger partial charge in [0.05, 0.1) is 12.0 Å². The highest BCUT2D eigenvalue weighted by Gasteiger charge is 2.32. The van der Waals surface area contributed by atoms with E-state index in [0.29, 0.717) is 18.7 Å². The van der Waals surface area contributed by atoms with Crippen LogP contribution in [-0.2, 0) is 27.8 Å². The highest BCUT2D eigenvalue weighted by molar-refractivity contribution is 7.92. The van der Waals surface area contributed by atoms with Gasteiger partial charge in [0, 0.05) is 18.4 Å². The molecule has 0 atom stereocenters. The second kappa shape index (κ2) is 7.36. The van der Waals surface area contributed by atoms with Gasteiger partial charge in [-0.15, -0.1) is 0 Å². The minimum Gasteiger partial charge on any atom is -0.327 e. The topological polar surface area (TPSA) is 84.3 Å². The maximum atomic E-state index is 13.0. The lowest BCUT2D eigenvalue weighted by Gasteiger charge is -2.17. The Morgan fingerprint density at radius 3 is 2.79 bits per heavy atom. The molecule has 29 heavy (non-hydrogen) atoms. The van der Waals surface area contributed by atoms with Crippen LogP contribution in [0.2, 0.25) is 0 Å². The number of nitrogens with one attached hydrogen (secondary N) is 1. The van der Waals surface area contributed by atoms with E-state index in [-0.39, 0.29) is 17.5 Å². The van der Waals surface area contributed by atoms with Crippen molar-refractivity contribution in [3.63, 3.8) is 0 Å². The third-order valence-corrected chi connectivity index (χ3v) is 6.70. The molecule has 1 N–H and O–H groups in total. The summed E-state index contributed by atoms with van der Waals surface area (Å²) in [4.78, 5) is 16.5. The predicted molar refractivity (Wildman–Crippen MR) is 111 cm³/mol. The zero-order chi connectivity index (χ0) is 20.6. The summed E-state index contributed by atoms with van der Waals surface area (Å²) in [5, 5.41) is 2.81. The predicted octanol–water partition coefficient (Wildman–Crippen LogP) is 2.89. The first-order chi connectivity index (χ1) is 13.8. The molecule has 3 aromatic rings. The van der Waals surface area contributed by atoms with Crippen LogP contribution in [0.1, 0.15) is 16.7 Å². The molecule has 1 aromatic heterocycles. The van der Waals surface area contributed by atoms with Crippen molar-refractivity contribution in [2.45, 2.75) is 31.8 Å². The fourth-order valence-corrected chi connectivity index (χ4v) is 4.90. The number of sulfonamides is 1. The molecule has 0 spiro atoms. The number of anilines is 2. The average molecular weight is 410 g/mol. The maximum Gasteiger partial charge on any atom is 0.283 e. The van der Waals surface area contributed by atoms with Crippen molar-refractivity contribution in [1.29, 1.82) is 0 Å². The normalized spacial score (nSPS) is 13.4. The van der Waals surface area contributed by atoms with Crippen LogP contribution in [0.25, 0.3) is 0 Å². The molecule has 0 unspecified atom stereocenters. The molecule has 150 valence electrons. The molecule has 8 heteroatoms. The van der Waals surface area contributed by atoms with E-state index in [4.69, 9.17) is 0 Å². The van der Waals surface area contributed by atoms with E-state index < -0.39 is 10.0 Å². The minimum absolute atomic E-state index is 0.0213. The Bertz CT molecular complexity index is 1180. The van der Waals surface area contributed by atoms with Crippen LogP contribution in [0.3, 0.4) is 0 Å². The van der Waals surface area contributed by atoms with Gasteiger partial charge in [0.25, 0.3) is 10.0 Å². The van der Waals surface area contributed by atoms with Gasteiger partial charge in [-0.25, -0.2) is 4.98 Å². The molecule has 2 heterocycles. The van der Waals surface area contributed by atoms with Gasteiger partial charge in [-0.3, -0.25) is 9.10 Å². The monoisotopic (exact) mass is 410 g/mol. The molecule has 1 amide bonds. The van der Waals surface area contributed by atoms with E-state index in [9.17, 15) is 13.2 Å². The molecule has 1 aliphatic rings. The Kier molecular flexibility index (Phi) is 4.87. The largest absolute Gasteiger partial charge is 0.327 e. The first kappa shape index (κ1) is 19.2. The summed E-state index contributed by atoms with van der Waals surface area (Å²) >= 11 is 0. The van der Waals surface area contributed by atoms with Gasteiger partial charge in [-0.2, -0.15) is 8.42 Å². The van der Waals surface area contributed by atoms with Gasteiger partial charge in [0.15, 0.2) is 5.03 Å². The number of aryl methyl sites for hydroxylation is 2. The molecule has 0 radical (unpaired) electrons. The highest BCUT2D eigenvalue weighted by atomic mass is 32.2. The lowest BCUT2D eigenvalue weighted by atomic mass is 10.1. The van der Waals surface area contributed by atoms with Crippen molar-refractivity contribution >= 4 is 27.3 Å². The summed E-state index contributed by atoms with van der Waals surface area (Å²) < 4.78 is 28.9. The molecule has 0 fully saturated rings. The third kappa shape index (κ3) is 3.75. The van der Waals surface area contributed by atoms with Crippen LogP contribution in [0, 0.1) is 13.8 Å². The smallest absolute Gasteiger partial charge is 0.283 e. The molecule has 0 bridgehead atoms. The Balaban J connectivity index is 1.50. The summed E-state index contributed by atoms with van der Waals surface area (Å²) in [5.74, 6) is -0.244. The summed E-state index contributed by atoms with van der Waals surface area (Å²) in [6.07, 6.45) is 3.45. The van der Waals surface area contributed by atoms with E-state index in [2.05, 4.69) is 10.3 Å². The number of benzene rings is 2. The van der Waals surface area contributed by atoms with Gasteiger partial charge in [0.1, 0.15) is 6.54 Å². The number of para-hydroxylation sites is 1. The average Bonchev–Trinajstić information content (AvgIpc) is 3.32. The Morgan fingerprint density at radius 1 is 1.17 bits per heavy atom. The number of rotatable bonds is 5. The van der Waals surface area contributed by atoms with E-state index in [1.807, 2.05) is 50.2 Å². The van der Waals surface area contributed by atoms with E-state index in [1.54, 1.807) is 6.07 Å². The van der Waals surface area contributed by atoms with Crippen LogP contribution in [0.4, 0.5) is 11.4 Å². The highest BCUT2D eigenvalue weighted by Crippen LogP contribution is 2.32. The first-order valence-corrected chi connectivity index (χ1v) is 10.8. The summed E-state index contributed by atoms with van der Waals surface area (Å²) in [6.45, 7) is 4.25. The molecule has 0 saturated carbocycles. The van der Waals surface area contributed by atoms with Crippen LogP contribution >= 0.6 is 0 Å². The number of imidazole rings is 1. The summed E-state index contributed by atoms with van der Waals surface area (Å²) in [7, 11) is -3.77. The molecule has 0 aliphatic carbocycles. The Morgan fingerprint density at radius 2 is 1.97 bits per heavy atom. The SMILES string of the molecule is Cc1ccc(C)c(NC(=O)Cn2cnc(S(=O)(=O)N3CCc4ccccc43)c2)c1. The van der Waals surface area contributed by atoms with Crippen molar-refractivity contribution in [3.05, 3.63) is 71.7 Å². The van der Waals surface area contributed by atoms with Crippen LogP contribution in [0.5, 0.6) is 0 Å². The lowest BCUT2D eigenvalue weighted by molar-refractivity contribution is -0.116. The lowest BCUT2D eigenvalue weighted by Crippen LogP contribution is -2.29. The van der Waals surface area contributed by atoms with E-state index >= 15 is 0 Å². The molecule has 7 nitrogen and oxygen atoms in total.